The van der Waals surface area contributed by atoms with Crippen LogP contribution in [0, 0.1) is 6.92 Å². The fraction of sp³-hybridized carbons (Fsp3) is 0.300. The molecule has 0 aliphatic carbocycles. The van der Waals surface area contributed by atoms with Gasteiger partial charge in [-0.15, -0.1) is 0 Å². The van der Waals surface area contributed by atoms with Crippen LogP contribution in [-0.2, 0) is 4.74 Å². The molecule has 1 heterocycles. The highest BCUT2D eigenvalue weighted by atomic mass is 32.1. The van der Waals surface area contributed by atoms with Crippen LogP contribution in [0.3, 0.4) is 0 Å². The molecule has 0 saturated heterocycles. The van der Waals surface area contributed by atoms with Gasteiger partial charge in [0.15, 0.2) is 0 Å². The van der Waals surface area contributed by atoms with Gasteiger partial charge in [-0.05, 0) is 18.5 Å². The maximum atomic E-state index is 11.5. The van der Waals surface area contributed by atoms with Gasteiger partial charge in [0, 0.05) is 7.05 Å². The van der Waals surface area contributed by atoms with Gasteiger partial charge >= 0.3 is 12.1 Å². The molecule has 6 nitrogen and oxygen atoms in total. The fourth-order valence-electron chi connectivity index (χ4n) is 1.14. The van der Waals surface area contributed by atoms with Crippen LogP contribution in [0.15, 0.2) is 12.7 Å². The number of ether oxygens (including phenoxy) is 1. The third-order valence-electron chi connectivity index (χ3n) is 1.96. The summed E-state index contributed by atoms with van der Waals surface area (Å²) < 4.78 is 8.72. The number of amides is 1. The predicted molar refractivity (Wildman–Crippen MR) is 63.8 cm³/mol. The topological polar surface area (TPSA) is 79.7 Å². The minimum Gasteiger partial charge on any atom is -0.478 e. The molecule has 0 radical (unpaired) electrons. The van der Waals surface area contributed by atoms with Gasteiger partial charge in [-0.25, -0.2) is 9.59 Å². The van der Waals surface area contributed by atoms with Crippen LogP contribution in [0.25, 0.3) is 0 Å². The number of carboxylic acids is 1. The van der Waals surface area contributed by atoms with Crippen molar-refractivity contribution in [3.05, 3.63) is 23.9 Å². The van der Waals surface area contributed by atoms with Crippen molar-refractivity contribution in [2.24, 2.45) is 0 Å². The molecule has 92 valence electrons. The first-order chi connectivity index (χ1) is 7.99. The van der Waals surface area contributed by atoms with Crippen molar-refractivity contribution in [3.63, 3.8) is 0 Å². The van der Waals surface area contributed by atoms with E-state index in [2.05, 4.69) is 11.0 Å². The summed E-state index contributed by atoms with van der Waals surface area (Å²) in [7, 11) is 1.44. The zero-order valence-electron chi connectivity index (χ0n) is 9.47. The first-order valence-electron chi connectivity index (χ1n) is 4.70. The summed E-state index contributed by atoms with van der Waals surface area (Å²) in [6.45, 7) is 5.06. The molecule has 1 aromatic heterocycles. The van der Waals surface area contributed by atoms with E-state index in [1.807, 2.05) is 0 Å². The number of anilines is 1. The van der Waals surface area contributed by atoms with Gasteiger partial charge < -0.3 is 9.84 Å². The Kier molecular flexibility index (Phi) is 4.22. The van der Waals surface area contributed by atoms with Gasteiger partial charge in [-0.3, -0.25) is 4.90 Å². The largest absolute Gasteiger partial charge is 0.478 e. The van der Waals surface area contributed by atoms with Gasteiger partial charge in [0.1, 0.15) is 17.2 Å². The third kappa shape index (κ3) is 2.82. The van der Waals surface area contributed by atoms with Gasteiger partial charge in [0.25, 0.3) is 0 Å². The molecule has 7 heteroatoms. The Bertz CT molecular complexity index is 455. The van der Waals surface area contributed by atoms with E-state index in [-0.39, 0.29) is 17.2 Å². The van der Waals surface area contributed by atoms with E-state index >= 15 is 0 Å². The Morgan fingerprint density at radius 1 is 1.65 bits per heavy atom. The van der Waals surface area contributed by atoms with Crippen LogP contribution < -0.4 is 4.90 Å². The molecule has 1 rings (SSSR count). The molecule has 0 unspecified atom stereocenters. The number of hydrogen-bond donors (Lipinski definition) is 1. The van der Waals surface area contributed by atoms with E-state index in [1.54, 1.807) is 6.92 Å². The highest BCUT2D eigenvalue weighted by molar-refractivity contribution is 7.11. The summed E-state index contributed by atoms with van der Waals surface area (Å²) in [5.41, 5.74) is 0.397. The molecule has 0 spiro atoms. The van der Waals surface area contributed by atoms with E-state index in [4.69, 9.17) is 9.84 Å². The lowest BCUT2D eigenvalue weighted by atomic mass is 10.2. The monoisotopic (exact) mass is 256 g/mol. The lowest BCUT2D eigenvalue weighted by Gasteiger charge is -2.14. The number of carbonyl (C=O) groups is 2. The van der Waals surface area contributed by atoms with E-state index in [0.717, 1.165) is 16.4 Å². The van der Waals surface area contributed by atoms with Crippen LogP contribution in [0.2, 0.25) is 0 Å². The van der Waals surface area contributed by atoms with Crippen molar-refractivity contribution in [2.75, 3.05) is 18.6 Å². The normalized spacial score (nSPS) is 9.76. The van der Waals surface area contributed by atoms with Crippen molar-refractivity contribution in [2.45, 2.75) is 6.92 Å². The summed E-state index contributed by atoms with van der Waals surface area (Å²) in [6.07, 6.45) is 0.790. The standard InChI is InChI=1S/C10H12N2O4S/c1-4-5-16-10(15)12(3)8-7(9(13)14)6(2)11-17-8/h4H,1,5H2,2-3H3,(H,13,14). The highest BCUT2D eigenvalue weighted by Gasteiger charge is 2.24. The first kappa shape index (κ1) is 13.2. The first-order valence-corrected chi connectivity index (χ1v) is 5.47. The molecule has 17 heavy (non-hydrogen) atoms. The second-order valence-electron chi connectivity index (χ2n) is 3.18. The average molecular weight is 256 g/mol. The third-order valence-corrected chi connectivity index (χ3v) is 2.98. The molecule has 0 atom stereocenters. The second kappa shape index (κ2) is 5.44. The van der Waals surface area contributed by atoms with Crippen molar-refractivity contribution in [3.8, 4) is 0 Å². The maximum absolute atomic E-state index is 11.5. The number of hydrogen-bond acceptors (Lipinski definition) is 5. The minimum absolute atomic E-state index is 0.0213. The maximum Gasteiger partial charge on any atom is 0.415 e. The number of aromatic nitrogens is 1. The van der Waals surface area contributed by atoms with Crippen LogP contribution in [0.5, 0.6) is 0 Å². The number of aryl methyl sites for hydroxylation is 1. The average Bonchev–Trinajstić information content (AvgIpc) is 2.66. The molecule has 1 aromatic rings. The zero-order chi connectivity index (χ0) is 13.0. The zero-order valence-corrected chi connectivity index (χ0v) is 10.3. The Balaban J connectivity index is 2.96. The Morgan fingerprint density at radius 3 is 2.82 bits per heavy atom. The van der Waals surface area contributed by atoms with Gasteiger partial charge in [-0.1, -0.05) is 12.7 Å². The molecule has 0 saturated carbocycles. The van der Waals surface area contributed by atoms with Gasteiger partial charge in [0.2, 0.25) is 0 Å². The molecule has 0 aromatic carbocycles. The smallest absolute Gasteiger partial charge is 0.415 e. The Morgan fingerprint density at radius 2 is 2.29 bits per heavy atom. The summed E-state index contributed by atoms with van der Waals surface area (Å²) in [5, 5.41) is 9.27. The molecule has 0 bridgehead atoms. The Labute approximate surface area is 102 Å². The lowest BCUT2D eigenvalue weighted by Crippen LogP contribution is -2.27. The quantitative estimate of drug-likeness (QED) is 0.832. The van der Waals surface area contributed by atoms with E-state index in [9.17, 15) is 9.59 Å². The highest BCUT2D eigenvalue weighted by Crippen LogP contribution is 2.28. The number of carbonyl (C=O) groups excluding carboxylic acids is 1. The minimum atomic E-state index is -1.12. The number of aromatic carboxylic acids is 1. The molecule has 1 amide bonds. The fourth-order valence-corrected chi connectivity index (χ4v) is 1.98. The van der Waals surface area contributed by atoms with Crippen molar-refractivity contribution < 1.29 is 19.4 Å². The summed E-state index contributed by atoms with van der Waals surface area (Å²) >= 11 is 0.943. The number of rotatable bonds is 4. The van der Waals surface area contributed by atoms with E-state index < -0.39 is 12.1 Å². The molecule has 1 N–H and O–H groups in total. The van der Waals surface area contributed by atoms with Gasteiger partial charge in [-0.2, -0.15) is 4.37 Å². The van der Waals surface area contributed by atoms with Crippen molar-refractivity contribution >= 4 is 28.6 Å². The Hall–Kier alpha value is -1.89. The van der Waals surface area contributed by atoms with Gasteiger partial charge in [0.05, 0.1) is 5.69 Å². The van der Waals surface area contributed by atoms with E-state index in [1.165, 1.54) is 13.1 Å². The second-order valence-corrected chi connectivity index (χ2v) is 3.93. The lowest BCUT2D eigenvalue weighted by molar-refractivity contribution is 0.0697. The molecular formula is C10H12N2O4S. The van der Waals surface area contributed by atoms with E-state index in [0.29, 0.717) is 5.69 Å². The SMILES string of the molecule is C=CCOC(=O)N(C)c1snc(C)c1C(=O)O. The van der Waals surface area contributed by atoms with Crippen LogP contribution in [0.1, 0.15) is 16.1 Å². The molecule has 0 aliphatic heterocycles. The number of nitrogens with zero attached hydrogens (tertiary/aromatic N) is 2. The molecule has 0 aliphatic rings. The summed E-state index contributed by atoms with van der Waals surface area (Å²) in [6, 6.07) is 0. The molecular weight excluding hydrogens is 244 g/mol. The predicted octanol–water partition coefficient (Wildman–Crippen LogP) is 1.91. The molecule has 0 fully saturated rings. The number of carboxylic acid groups (broad SMARTS) is 1. The summed E-state index contributed by atoms with van der Waals surface area (Å²) in [4.78, 5) is 23.7. The summed E-state index contributed by atoms with van der Waals surface area (Å²) in [5.74, 6) is -1.12. The van der Waals surface area contributed by atoms with Crippen molar-refractivity contribution in [1.82, 2.24) is 4.37 Å². The van der Waals surface area contributed by atoms with Crippen LogP contribution in [0.4, 0.5) is 9.80 Å². The van der Waals surface area contributed by atoms with Crippen molar-refractivity contribution in [1.29, 1.82) is 0 Å². The van der Waals surface area contributed by atoms with Crippen LogP contribution >= 0.6 is 11.5 Å². The van der Waals surface area contributed by atoms with Crippen LogP contribution in [-0.4, -0.2) is 35.2 Å².